The number of nitrogens with one attached hydrogen (secondary N) is 1. The van der Waals surface area contributed by atoms with Crippen molar-refractivity contribution >= 4 is 23.3 Å². The van der Waals surface area contributed by atoms with Crippen molar-refractivity contribution in [3.63, 3.8) is 0 Å². The fourth-order valence-electron chi connectivity index (χ4n) is 2.50. The number of anilines is 2. The van der Waals surface area contributed by atoms with Gasteiger partial charge in [-0.25, -0.2) is 4.79 Å². The fourth-order valence-corrected chi connectivity index (χ4v) is 2.50. The van der Waals surface area contributed by atoms with Crippen LogP contribution < -0.4 is 16.0 Å². The third-order valence-corrected chi connectivity index (χ3v) is 3.42. The van der Waals surface area contributed by atoms with Crippen molar-refractivity contribution in [2.45, 2.75) is 19.4 Å². The molecule has 0 bridgehead atoms. The summed E-state index contributed by atoms with van der Waals surface area (Å²) in [5.41, 5.74) is 7.65. The van der Waals surface area contributed by atoms with Crippen LogP contribution in [-0.4, -0.2) is 38.1 Å². The molecule has 6 nitrogen and oxygen atoms in total. The van der Waals surface area contributed by atoms with E-state index < -0.39 is 5.97 Å². The number of nitrogens with zero attached hydrogens (tertiary/aromatic N) is 1. The molecule has 6 heteroatoms. The second kappa shape index (κ2) is 5.81. The fraction of sp³-hybridized carbons (Fsp3) is 0.429. The molecule has 1 amide bonds. The lowest BCUT2D eigenvalue weighted by molar-refractivity contribution is -0.119. The molecule has 1 aromatic rings. The first-order chi connectivity index (χ1) is 9.52. The molecule has 1 fully saturated rings. The van der Waals surface area contributed by atoms with Crippen LogP contribution in [-0.2, 0) is 9.53 Å². The van der Waals surface area contributed by atoms with Gasteiger partial charge in [-0.3, -0.25) is 4.79 Å². The zero-order valence-corrected chi connectivity index (χ0v) is 11.7. The highest BCUT2D eigenvalue weighted by Crippen LogP contribution is 2.29. The van der Waals surface area contributed by atoms with Gasteiger partial charge in [-0.15, -0.1) is 0 Å². The molecule has 20 heavy (non-hydrogen) atoms. The number of ether oxygens (including phenoxy) is 1. The second-order valence-electron chi connectivity index (χ2n) is 4.86. The number of amides is 1. The van der Waals surface area contributed by atoms with Crippen molar-refractivity contribution in [3.8, 4) is 0 Å². The first-order valence-corrected chi connectivity index (χ1v) is 6.51. The molecule has 0 spiro atoms. The van der Waals surface area contributed by atoms with Gasteiger partial charge in [-0.1, -0.05) is 6.07 Å². The summed E-state index contributed by atoms with van der Waals surface area (Å²) in [6.07, 6.45) is 0.863. The van der Waals surface area contributed by atoms with Crippen molar-refractivity contribution in [1.82, 2.24) is 5.32 Å². The van der Waals surface area contributed by atoms with Crippen LogP contribution in [0.15, 0.2) is 18.2 Å². The summed E-state index contributed by atoms with van der Waals surface area (Å²) in [7, 11) is 1.33. The molecule has 3 N–H and O–H groups in total. The van der Waals surface area contributed by atoms with Crippen molar-refractivity contribution in [3.05, 3.63) is 23.8 Å². The van der Waals surface area contributed by atoms with Crippen LogP contribution in [0.2, 0.25) is 0 Å². The lowest BCUT2D eigenvalue weighted by Gasteiger charge is -2.21. The van der Waals surface area contributed by atoms with Crippen molar-refractivity contribution in [2.24, 2.45) is 0 Å². The van der Waals surface area contributed by atoms with Gasteiger partial charge in [0.05, 0.1) is 24.0 Å². The van der Waals surface area contributed by atoms with Gasteiger partial charge in [-0.05, 0) is 18.6 Å². The monoisotopic (exact) mass is 277 g/mol. The van der Waals surface area contributed by atoms with Crippen molar-refractivity contribution < 1.29 is 14.3 Å². The zero-order valence-electron chi connectivity index (χ0n) is 11.7. The number of methoxy groups -OCH3 is 1. The van der Waals surface area contributed by atoms with Gasteiger partial charge in [0.1, 0.15) is 0 Å². The Hall–Kier alpha value is -2.24. The second-order valence-corrected chi connectivity index (χ2v) is 4.86. The number of esters is 1. The van der Waals surface area contributed by atoms with Gasteiger partial charge >= 0.3 is 5.97 Å². The van der Waals surface area contributed by atoms with Crippen molar-refractivity contribution in [2.75, 3.05) is 30.8 Å². The Balaban J connectivity index is 2.18. The minimum absolute atomic E-state index is 0.0341. The van der Waals surface area contributed by atoms with E-state index in [1.807, 2.05) is 6.07 Å². The molecular weight excluding hydrogens is 258 g/mol. The maximum atomic E-state index is 11.6. The number of rotatable bonds is 3. The maximum absolute atomic E-state index is 11.6. The molecule has 0 radical (unpaired) electrons. The van der Waals surface area contributed by atoms with Gasteiger partial charge in [-0.2, -0.15) is 0 Å². The molecule has 1 aliphatic heterocycles. The third kappa shape index (κ3) is 2.84. The minimum atomic E-state index is -0.443. The summed E-state index contributed by atoms with van der Waals surface area (Å²) < 4.78 is 4.71. The SMILES string of the molecule is COC(=O)c1cccc(N2CCC(NC(C)=O)C2)c1N. The zero-order chi connectivity index (χ0) is 14.7. The van der Waals surface area contributed by atoms with Crippen LogP contribution in [0, 0.1) is 0 Å². The molecule has 1 atom stereocenters. The molecule has 1 aromatic carbocycles. The van der Waals surface area contributed by atoms with Crippen LogP contribution in [0.4, 0.5) is 11.4 Å². The van der Waals surface area contributed by atoms with Gasteiger partial charge in [0, 0.05) is 26.1 Å². The van der Waals surface area contributed by atoms with Crippen LogP contribution >= 0.6 is 0 Å². The Morgan fingerprint density at radius 2 is 2.20 bits per heavy atom. The number of hydrogen-bond donors (Lipinski definition) is 2. The molecule has 2 rings (SSSR count). The average molecular weight is 277 g/mol. The third-order valence-electron chi connectivity index (χ3n) is 3.42. The molecule has 108 valence electrons. The average Bonchev–Trinajstić information content (AvgIpc) is 2.85. The smallest absolute Gasteiger partial charge is 0.340 e. The molecule has 0 aromatic heterocycles. The Kier molecular flexibility index (Phi) is 4.12. The number of benzene rings is 1. The van der Waals surface area contributed by atoms with E-state index in [1.54, 1.807) is 12.1 Å². The lowest BCUT2D eigenvalue weighted by atomic mass is 10.1. The molecule has 1 saturated heterocycles. The predicted molar refractivity (Wildman–Crippen MR) is 76.6 cm³/mol. The van der Waals surface area contributed by atoms with Gasteiger partial charge in [0.2, 0.25) is 5.91 Å². The van der Waals surface area contributed by atoms with E-state index in [2.05, 4.69) is 10.2 Å². The van der Waals surface area contributed by atoms with Crippen LogP contribution in [0.5, 0.6) is 0 Å². The highest BCUT2D eigenvalue weighted by molar-refractivity contribution is 5.98. The summed E-state index contributed by atoms with van der Waals surface area (Å²) in [6.45, 7) is 2.99. The van der Waals surface area contributed by atoms with E-state index in [-0.39, 0.29) is 11.9 Å². The normalized spacial score (nSPS) is 17.9. The quantitative estimate of drug-likeness (QED) is 0.629. The first kappa shape index (κ1) is 14.2. The number of carbonyl (C=O) groups is 2. The first-order valence-electron chi connectivity index (χ1n) is 6.51. The molecule has 0 saturated carbocycles. The molecular formula is C14H19N3O3. The van der Waals surface area contributed by atoms with Crippen molar-refractivity contribution in [1.29, 1.82) is 0 Å². The number of hydrogen-bond acceptors (Lipinski definition) is 5. The molecule has 1 heterocycles. The van der Waals surface area contributed by atoms with Gasteiger partial charge in [0.15, 0.2) is 0 Å². The van der Waals surface area contributed by atoms with Crippen LogP contribution in [0.1, 0.15) is 23.7 Å². The number of para-hydroxylation sites is 1. The van der Waals surface area contributed by atoms with E-state index in [1.165, 1.54) is 14.0 Å². The van der Waals surface area contributed by atoms with E-state index in [0.29, 0.717) is 17.8 Å². The topological polar surface area (TPSA) is 84.7 Å². The van der Waals surface area contributed by atoms with Gasteiger partial charge in [0.25, 0.3) is 0 Å². The van der Waals surface area contributed by atoms with E-state index >= 15 is 0 Å². The Morgan fingerprint density at radius 3 is 2.85 bits per heavy atom. The standard InChI is InChI=1S/C14H19N3O3/c1-9(18)16-10-6-7-17(8-10)12-5-3-4-11(13(12)15)14(19)20-2/h3-5,10H,6-8,15H2,1-2H3,(H,16,18). The van der Waals surface area contributed by atoms with Crippen LogP contribution in [0.25, 0.3) is 0 Å². The molecule has 1 unspecified atom stereocenters. The largest absolute Gasteiger partial charge is 0.465 e. The molecule has 1 aliphatic rings. The summed E-state index contributed by atoms with van der Waals surface area (Å²) >= 11 is 0. The summed E-state index contributed by atoms with van der Waals surface area (Å²) in [5.74, 6) is -0.477. The summed E-state index contributed by atoms with van der Waals surface area (Å²) in [5, 5.41) is 2.90. The Labute approximate surface area is 117 Å². The Morgan fingerprint density at radius 1 is 1.45 bits per heavy atom. The predicted octanol–water partition coefficient (Wildman–Crippen LogP) is 0.770. The lowest BCUT2D eigenvalue weighted by Crippen LogP contribution is -2.35. The van der Waals surface area contributed by atoms with E-state index in [9.17, 15) is 9.59 Å². The molecule has 0 aliphatic carbocycles. The maximum Gasteiger partial charge on any atom is 0.340 e. The number of nitrogen functional groups attached to an aromatic ring is 1. The minimum Gasteiger partial charge on any atom is -0.465 e. The highest BCUT2D eigenvalue weighted by Gasteiger charge is 2.25. The number of nitrogens with two attached hydrogens (primary N) is 1. The highest BCUT2D eigenvalue weighted by atomic mass is 16.5. The number of carbonyl (C=O) groups excluding carboxylic acids is 2. The van der Waals surface area contributed by atoms with Crippen LogP contribution in [0.3, 0.4) is 0 Å². The summed E-state index contributed by atoms with van der Waals surface area (Å²) in [4.78, 5) is 24.8. The van der Waals surface area contributed by atoms with E-state index in [0.717, 1.165) is 18.7 Å². The Bertz CT molecular complexity index is 530. The van der Waals surface area contributed by atoms with Gasteiger partial charge < -0.3 is 20.7 Å². The summed E-state index contributed by atoms with van der Waals surface area (Å²) in [6, 6.07) is 5.42. The van der Waals surface area contributed by atoms with E-state index in [4.69, 9.17) is 10.5 Å².